The molecule has 2 unspecified atom stereocenters. The SMILES string of the molecule is CCCCCCN(C(=O)C(CC(C)C)NC(=O)OC(C)(C)C)C(C(=O)NCCCCC)c1cccc(C)c1. The number of alkyl carbamates (subject to hydrolysis) is 1. The van der Waals surface area contributed by atoms with E-state index < -0.39 is 23.8 Å². The van der Waals surface area contributed by atoms with E-state index in [4.69, 9.17) is 4.74 Å². The fraction of sp³-hybridized carbons (Fsp3) is 0.710. The third kappa shape index (κ3) is 12.8. The molecule has 0 bridgehead atoms. The number of rotatable bonds is 16. The van der Waals surface area contributed by atoms with Gasteiger partial charge in [-0.3, -0.25) is 9.59 Å². The predicted octanol–water partition coefficient (Wildman–Crippen LogP) is 6.69. The Labute approximate surface area is 231 Å². The lowest BCUT2D eigenvalue weighted by molar-refractivity contribution is -0.143. The molecule has 3 amide bonds. The van der Waals surface area contributed by atoms with Crippen molar-refractivity contribution in [2.45, 2.75) is 124 Å². The maximum atomic E-state index is 14.2. The number of benzene rings is 1. The van der Waals surface area contributed by atoms with E-state index in [0.29, 0.717) is 19.5 Å². The summed E-state index contributed by atoms with van der Waals surface area (Å²) in [6, 6.07) is 6.22. The van der Waals surface area contributed by atoms with Crippen LogP contribution in [0.1, 0.15) is 117 Å². The standard InChI is InChI=1S/C31H53N3O4/c1-9-11-13-15-20-34(29(36)26(21-23(3)4)33-30(37)38-31(6,7)8)27(25-18-16-17-24(5)22-25)28(35)32-19-14-12-10-2/h16-18,22-23,26-27H,9-15,19-21H2,1-8H3,(H,32,35)(H,33,37). The number of ether oxygens (including phenoxy) is 1. The highest BCUT2D eigenvalue weighted by atomic mass is 16.6. The topological polar surface area (TPSA) is 87.7 Å². The summed E-state index contributed by atoms with van der Waals surface area (Å²) in [5.41, 5.74) is 1.12. The van der Waals surface area contributed by atoms with Gasteiger partial charge in [0.25, 0.3) is 0 Å². The molecule has 1 aromatic carbocycles. The quantitative estimate of drug-likeness (QED) is 0.233. The van der Waals surface area contributed by atoms with Crippen molar-refractivity contribution in [3.8, 4) is 0 Å². The second-order valence-electron chi connectivity index (χ2n) is 11.7. The molecule has 0 radical (unpaired) electrons. The molecule has 0 saturated carbocycles. The largest absolute Gasteiger partial charge is 0.444 e. The molecular formula is C31H53N3O4. The Kier molecular flexibility index (Phi) is 15.1. The normalized spacial score (nSPS) is 13.1. The Hall–Kier alpha value is -2.57. The van der Waals surface area contributed by atoms with Crippen LogP contribution in [0.25, 0.3) is 0 Å². The number of nitrogens with zero attached hydrogens (tertiary/aromatic N) is 1. The molecule has 216 valence electrons. The maximum Gasteiger partial charge on any atom is 0.408 e. The zero-order valence-electron chi connectivity index (χ0n) is 25.2. The van der Waals surface area contributed by atoms with E-state index in [1.54, 1.807) is 25.7 Å². The van der Waals surface area contributed by atoms with Crippen molar-refractivity contribution in [2.75, 3.05) is 13.1 Å². The smallest absolute Gasteiger partial charge is 0.408 e. The molecule has 2 N–H and O–H groups in total. The maximum absolute atomic E-state index is 14.2. The van der Waals surface area contributed by atoms with Gasteiger partial charge in [0.05, 0.1) is 0 Å². The third-order valence-electron chi connectivity index (χ3n) is 6.23. The third-order valence-corrected chi connectivity index (χ3v) is 6.23. The van der Waals surface area contributed by atoms with Crippen LogP contribution in [-0.4, -0.2) is 47.5 Å². The van der Waals surface area contributed by atoms with E-state index in [1.807, 2.05) is 45.0 Å². The van der Waals surface area contributed by atoms with Crippen molar-refractivity contribution < 1.29 is 19.1 Å². The summed E-state index contributed by atoms with van der Waals surface area (Å²) < 4.78 is 5.48. The Morgan fingerprint density at radius 2 is 1.63 bits per heavy atom. The number of amides is 3. The summed E-state index contributed by atoms with van der Waals surface area (Å²) in [6.45, 7) is 16.7. The van der Waals surface area contributed by atoms with Crippen molar-refractivity contribution in [1.29, 1.82) is 0 Å². The van der Waals surface area contributed by atoms with Crippen LogP contribution in [0.2, 0.25) is 0 Å². The van der Waals surface area contributed by atoms with Crippen molar-refractivity contribution in [2.24, 2.45) is 5.92 Å². The summed E-state index contributed by atoms with van der Waals surface area (Å²) in [7, 11) is 0. The van der Waals surface area contributed by atoms with Crippen LogP contribution in [0.3, 0.4) is 0 Å². The second kappa shape index (κ2) is 17.1. The average molecular weight is 532 g/mol. The van der Waals surface area contributed by atoms with Gasteiger partial charge in [-0.15, -0.1) is 0 Å². The Morgan fingerprint density at radius 3 is 2.21 bits per heavy atom. The molecule has 0 aromatic heterocycles. The number of hydrogen-bond acceptors (Lipinski definition) is 4. The molecule has 7 nitrogen and oxygen atoms in total. The average Bonchev–Trinajstić information content (AvgIpc) is 2.81. The molecule has 38 heavy (non-hydrogen) atoms. The van der Waals surface area contributed by atoms with Gasteiger partial charge >= 0.3 is 6.09 Å². The van der Waals surface area contributed by atoms with Crippen molar-refractivity contribution in [3.05, 3.63) is 35.4 Å². The highest BCUT2D eigenvalue weighted by Crippen LogP contribution is 2.25. The number of carbonyl (C=O) groups excluding carboxylic acids is 3. The van der Waals surface area contributed by atoms with Crippen LogP contribution in [0.4, 0.5) is 4.79 Å². The summed E-state index contributed by atoms with van der Waals surface area (Å²) in [5.74, 6) is -0.284. The minimum absolute atomic E-state index is 0.154. The monoisotopic (exact) mass is 531 g/mol. The van der Waals surface area contributed by atoms with Crippen LogP contribution in [-0.2, 0) is 14.3 Å². The molecule has 7 heteroatoms. The van der Waals surface area contributed by atoms with Gasteiger partial charge in [-0.2, -0.15) is 0 Å². The molecule has 0 aliphatic carbocycles. The van der Waals surface area contributed by atoms with E-state index in [2.05, 4.69) is 24.5 Å². The van der Waals surface area contributed by atoms with E-state index in [-0.39, 0.29) is 17.7 Å². The molecule has 0 aliphatic heterocycles. The predicted molar refractivity (Wildman–Crippen MR) is 155 cm³/mol. The Morgan fingerprint density at radius 1 is 0.974 bits per heavy atom. The minimum atomic E-state index is -0.795. The fourth-order valence-electron chi connectivity index (χ4n) is 4.41. The van der Waals surface area contributed by atoms with Crippen LogP contribution in [0.5, 0.6) is 0 Å². The van der Waals surface area contributed by atoms with E-state index in [1.165, 1.54) is 0 Å². The van der Waals surface area contributed by atoms with Gasteiger partial charge in [-0.1, -0.05) is 89.6 Å². The summed E-state index contributed by atoms with van der Waals surface area (Å²) in [5, 5.41) is 5.90. The zero-order chi connectivity index (χ0) is 28.7. The first-order valence-electron chi connectivity index (χ1n) is 14.5. The summed E-state index contributed by atoms with van der Waals surface area (Å²) in [6.07, 6.45) is 6.69. The van der Waals surface area contributed by atoms with E-state index in [9.17, 15) is 14.4 Å². The lowest BCUT2D eigenvalue weighted by atomic mass is 9.97. The molecule has 0 fully saturated rings. The number of aryl methyl sites for hydroxylation is 1. The summed E-state index contributed by atoms with van der Waals surface area (Å²) in [4.78, 5) is 42.3. The lowest BCUT2D eigenvalue weighted by Crippen LogP contribution is -2.53. The molecule has 2 atom stereocenters. The minimum Gasteiger partial charge on any atom is -0.444 e. The van der Waals surface area contributed by atoms with Crippen LogP contribution in [0.15, 0.2) is 24.3 Å². The zero-order valence-corrected chi connectivity index (χ0v) is 25.2. The molecule has 0 heterocycles. The number of hydrogen-bond donors (Lipinski definition) is 2. The highest BCUT2D eigenvalue weighted by molar-refractivity contribution is 5.92. The Bertz CT molecular complexity index is 863. The second-order valence-corrected chi connectivity index (χ2v) is 11.7. The number of carbonyl (C=O) groups is 3. The van der Waals surface area contributed by atoms with Crippen molar-refractivity contribution in [3.63, 3.8) is 0 Å². The molecule has 0 aliphatic rings. The van der Waals surface area contributed by atoms with E-state index in [0.717, 1.165) is 56.1 Å². The Balaban J connectivity index is 3.42. The van der Waals surface area contributed by atoms with Gasteiger partial charge in [0.15, 0.2) is 0 Å². The fourth-order valence-corrected chi connectivity index (χ4v) is 4.41. The van der Waals surface area contributed by atoms with Crippen LogP contribution in [0, 0.1) is 12.8 Å². The number of unbranched alkanes of at least 4 members (excludes halogenated alkanes) is 5. The van der Waals surface area contributed by atoms with Gasteiger partial charge in [0.2, 0.25) is 11.8 Å². The first kappa shape index (κ1) is 33.5. The molecular weight excluding hydrogens is 478 g/mol. The van der Waals surface area contributed by atoms with Crippen molar-refractivity contribution in [1.82, 2.24) is 15.5 Å². The highest BCUT2D eigenvalue weighted by Gasteiger charge is 2.36. The first-order valence-corrected chi connectivity index (χ1v) is 14.5. The number of nitrogens with one attached hydrogen (secondary N) is 2. The van der Waals surface area contributed by atoms with Gasteiger partial charge in [-0.05, 0) is 58.4 Å². The lowest BCUT2D eigenvalue weighted by Gasteiger charge is -2.35. The van der Waals surface area contributed by atoms with Crippen molar-refractivity contribution >= 4 is 17.9 Å². The van der Waals surface area contributed by atoms with Gasteiger partial charge in [0, 0.05) is 13.1 Å². The van der Waals surface area contributed by atoms with Gasteiger partial charge < -0.3 is 20.3 Å². The molecule has 0 saturated heterocycles. The molecule has 0 spiro atoms. The van der Waals surface area contributed by atoms with Crippen LogP contribution < -0.4 is 10.6 Å². The van der Waals surface area contributed by atoms with Gasteiger partial charge in [0.1, 0.15) is 17.7 Å². The van der Waals surface area contributed by atoms with Gasteiger partial charge in [-0.25, -0.2) is 4.79 Å². The molecule has 1 rings (SSSR count). The molecule has 1 aromatic rings. The summed E-state index contributed by atoms with van der Waals surface area (Å²) >= 11 is 0. The van der Waals surface area contributed by atoms with Crippen LogP contribution >= 0.6 is 0 Å². The van der Waals surface area contributed by atoms with E-state index >= 15 is 0 Å². The first-order chi connectivity index (χ1) is 17.9.